The fourth-order valence-corrected chi connectivity index (χ4v) is 2.91. The summed E-state index contributed by atoms with van der Waals surface area (Å²) in [5.41, 5.74) is 1.58. The Hall–Kier alpha value is -3.55. The average molecular weight is 368 g/mol. The summed E-state index contributed by atoms with van der Waals surface area (Å²) in [7, 11) is 0. The Balaban J connectivity index is 1.63. The molecule has 0 fully saturated rings. The van der Waals surface area contributed by atoms with Gasteiger partial charge in [-0.3, -0.25) is 9.59 Å². The molecule has 0 spiro atoms. The maximum absolute atomic E-state index is 13.1. The number of hydrogen-bond donors (Lipinski definition) is 2. The lowest BCUT2D eigenvalue weighted by molar-refractivity contribution is -0.125. The normalized spacial score (nSPS) is 15.8. The van der Waals surface area contributed by atoms with Crippen LogP contribution < -0.4 is 10.6 Å². The number of rotatable bonds is 3. The van der Waals surface area contributed by atoms with Crippen LogP contribution in [0.3, 0.4) is 0 Å². The lowest BCUT2D eigenvalue weighted by Crippen LogP contribution is -2.35. The minimum Gasteiger partial charge on any atom is -0.324 e. The molecule has 1 aliphatic rings. The molecule has 6 nitrogen and oxygen atoms in total. The lowest BCUT2D eigenvalue weighted by Gasteiger charge is -2.23. The van der Waals surface area contributed by atoms with Crippen LogP contribution in [0.2, 0.25) is 0 Å². The van der Waals surface area contributed by atoms with E-state index in [1.54, 1.807) is 18.2 Å². The smallest absolute Gasteiger partial charge is 0.249 e. The molecule has 1 atom stereocenters. The van der Waals surface area contributed by atoms with Crippen LogP contribution >= 0.6 is 0 Å². The zero-order chi connectivity index (χ0) is 19.0. The van der Waals surface area contributed by atoms with Crippen LogP contribution in [0.25, 0.3) is 11.3 Å². The van der Waals surface area contributed by atoms with Gasteiger partial charge < -0.3 is 10.6 Å². The van der Waals surface area contributed by atoms with Crippen molar-refractivity contribution in [3.05, 3.63) is 66.2 Å². The second-order valence-corrected chi connectivity index (χ2v) is 6.13. The van der Waals surface area contributed by atoms with Crippen molar-refractivity contribution >= 4 is 23.3 Å². The topological polar surface area (TPSA) is 76.0 Å². The van der Waals surface area contributed by atoms with E-state index >= 15 is 0 Å². The number of hydrogen-bond acceptors (Lipinski definition) is 3. The molecule has 0 aliphatic carbocycles. The Labute approximate surface area is 152 Å². The summed E-state index contributed by atoms with van der Waals surface area (Å²) in [5, 5.41) is 9.74. The van der Waals surface area contributed by atoms with Crippen molar-refractivity contribution in [1.29, 1.82) is 0 Å². The number of aromatic nitrogens is 2. The number of nitrogens with one attached hydrogen (secondary N) is 2. The fourth-order valence-electron chi connectivity index (χ4n) is 2.91. The van der Waals surface area contributed by atoms with E-state index in [0.29, 0.717) is 22.8 Å². The van der Waals surface area contributed by atoms with E-state index in [2.05, 4.69) is 15.7 Å². The van der Waals surface area contributed by atoms with Crippen LogP contribution in [-0.4, -0.2) is 21.6 Å². The van der Waals surface area contributed by atoms with E-state index < -0.39 is 17.8 Å². The number of nitrogens with zero attached hydrogens (tertiary/aromatic N) is 2. The van der Waals surface area contributed by atoms with Crippen LogP contribution in [-0.2, 0) is 9.59 Å². The second kappa shape index (κ2) is 6.64. The highest BCUT2D eigenvalue weighted by atomic mass is 19.1. The maximum Gasteiger partial charge on any atom is 0.249 e. The Morgan fingerprint density at radius 2 is 1.70 bits per heavy atom. The molecule has 0 radical (unpaired) electrons. The predicted molar refractivity (Wildman–Crippen MR) is 94.9 cm³/mol. The van der Waals surface area contributed by atoms with Gasteiger partial charge in [-0.1, -0.05) is 0 Å². The van der Waals surface area contributed by atoms with Gasteiger partial charge in [-0.15, -0.1) is 0 Å². The number of carbonyl (C=O) groups excluding carboxylic acids is 2. The first-order chi connectivity index (χ1) is 13.0. The monoisotopic (exact) mass is 368 g/mol. The van der Waals surface area contributed by atoms with Crippen LogP contribution in [0.15, 0.2) is 54.6 Å². The third kappa shape index (κ3) is 3.41. The molecule has 1 unspecified atom stereocenters. The highest BCUT2D eigenvalue weighted by Crippen LogP contribution is 2.30. The van der Waals surface area contributed by atoms with Crippen molar-refractivity contribution in [2.75, 3.05) is 10.6 Å². The first kappa shape index (κ1) is 16.9. The highest BCUT2D eigenvalue weighted by molar-refractivity contribution is 6.01. The van der Waals surface area contributed by atoms with Gasteiger partial charge in [0.15, 0.2) is 0 Å². The van der Waals surface area contributed by atoms with Crippen molar-refractivity contribution in [3.63, 3.8) is 0 Å². The Bertz CT molecular complexity index is 1010. The van der Waals surface area contributed by atoms with Crippen LogP contribution in [0.4, 0.5) is 20.3 Å². The summed E-state index contributed by atoms with van der Waals surface area (Å²) in [6.45, 7) is 0. The molecule has 0 saturated carbocycles. The average Bonchev–Trinajstić information content (AvgIpc) is 3.07. The molecule has 2 aromatic carbocycles. The number of carbonyl (C=O) groups is 2. The third-order valence-electron chi connectivity index (χ3n) is 4.23. The van der Waals surface area contributed by atoms with Gasteiger partial charge in [0, 0.05) is 17.3 Å². The van der Waals surface area contributed by atoms with Gasteiger partial charge in [-0.05, 0) is 48.5 Å². The molecule has 2 N–H and O–H groups in total. The summed E-state index contributed by atoms with van der Waals surface area (Å²) < 4.78 is 27.6. The molecule has 136 valence electrons. The van der Waals surface area contributed by atoms with Crippen molar-refractivity contribution in [1.82, 2.24) is 9.78 Å². The molecule has 0 bridgehead atoms. The molecule has 1 aromatic heterocycles. The van der Waals surface area contributed by atoms with Crippen molar-refractivity contribution in [2.45, 2.75) is 12.5 Å². The highest BCUT2D eigenvalue weighted by Gasteiger charge is 2.32. The summed E-state index contributed by atoms with van der Waals surface area (Å²) in [6, 6.07) is 11.9. The Morgan fingerprint density at radius 1 is 1.07 bits per heavy atom. The number of halogens is 2. The van der Waals surface area contributed by atoms with Crippen molar-refractivity contribution in [2.24, 2.45) is 0 Å². The molecule has 1 aliphatic heterocycles. The second-order valence-electron chi connectivity index (χ2n) is 6.13. The van der Waals surface area contributed by atoms with Gasteiger partial charge >= 0.3 is 0 Å². The summed E-state index contributed by atoms with van der Waals surface area (Å²) in [6.07, 6.45) is -0.0788. The van der Waals surface area contributed by atoms with Crippen molar-refractivity contribution < 1.29 is 18.4 Å². The quantitative estimate of drug-likeness (QED) is 0.744. The van der Waals surface area contributed by atoms with E-state index in [0.717, 1.165) is 0 Å². The molecule has 0 saturated heterocycles. The molecule has 2 amide bonds. The van der Waals surface area contributed by atoms with Crippen LogP contribution in [0.5, 0.6) is 0 Å². The maximum atomic E-state index is 13.1. The van der Waals surface area contributed by atoms with E-state index in [4.69, 9.17) is 0 Å². The lowest BCUT2D eigenvalue weighted by atomic mass is 10.1. The minimum absolute atomic E-state index is 0.0788. The molecular weight excluding hydrogens is 354 g/mol. The SMILES string of the molecule is O=C1CC(C(=O)Nc2ccc(F)cc2)n2nc(-c3ccc(F)cc3)cc2N1. The summed E-state index contributed by atoms with van der Waals surface area (Å²) in [4.78, 5) is 24.7. The fraction of sp³-hybridized carbons (Fsp3) is 0.105. The third-order valence-corrected chi connectivity index (χ3v) is 4.23. The first-order valence-electron chi connectivity index (χ1n) is 8.21. The molecular formula is C19H14F2N4O2. The number of fused-ring (bicyclic) bond motifs is 1. The Kier molecular flexibility index (Phi) is 4.15. The molecule has 2 heterocycles. The summed E-state index contributed by atoms with van der Waals surface area (Å²) in [5.74, 6) is -1.15. The molecule has 3 aromatic rings. The summed E-state index contributed by atoms with van der Waals surface area (Å²) >= 11 is 0. The number of amides is 2. The molecule has 4 rings (SSSR count). The van der Waals surface area contributed by atoms with Crippen LogP contribution in [0, 0.1) is 11.6 Å². The minimum atomic E-state index is -0.854. The Morgan fingerprint density at radius 3 is 2.37 bits per heavy atom. The van der Waals surface area contributed by atoms with E-state index in [-0.39, 0.29) is 18.1 Å². The number of anilines is 2. The predicted octanol–water partition coefficient (Wildman–Crippen LogP) is 3.35. The van der Waals surface area contributed by atoms with Crippen LogP contribution in [0.1, 0.15) is 12.5 Å². The number of benzene rings is 2. The van der Waals surface area contributed by atoms with Gasteiger partial charge in [0.05, 0.1) is 12.1 Å². The van der Waals surface area contributed by atoms with Gasteiger partial charge in [0.2, 0.25) is 11.8 Å². The van der Waals surface area contributed by atoms with E-state index in [1.165, 1.54) is 41.1 Å². The van der Waals surface area contributed by atoms with Gasteiger partial charge in [0.25, 0.3) is 0 Å². The van der Waals surface area contributed by atoms with Crippen molar-refractivity contribution in [3.8, 4) is 11.3 Å². The zero-order valence-corrected chi connectivity index (χ0v) is 13.9. The largest absolute Gasteiger partial charge is 0.324 e. The van der Waals surface area contributed by atoms with E-state index in [1.807, 2.05) is 0 Å². The van der Waals surface area contributed by atoms with Gasteiger partial charge in [0.1, 0.15) is 23.5 Å². The van der Waals surface area contributed by atoms with Gasteiger partial charge in [-0.2, -0.15) is 5.10 Å². The molecule has 8 heteroatoms. The van der Waals surface area contributed by atoms with Gasteiger partial charge in [-0.25, -0.2) is 13.5 Å². The zero-order valence-electron chi connectivity index (χ0n) is 13.9. The van der Waals surface area contributed by atoms with E-state index in [9.17, 15) is 18.4 Å². The first-order valence-corrected chi connectivity index (χ1v) is 8.21. The molecule has 27 heavy (non-hydrogen) atoms. The standard InChI is InChI=1S/C19H14F2N4O2/c20-12-3-1-11(2-4-12)15-9-17-23-18(26)10-16(25(17)24-15)19(27)22-14-7-5-13(21)6-8-14/h1-9,16H,10H2,(H,22,27)(H,23,26).